The van der Waals surface area contributed by atoms with Crippen LogP contribution in [0.25, 0.3) is 11.0 Å². The summed E-state index contributed by atoms with van der Waals surface area (Å²) in [5.74, 6) is 3.45. The van der Waals surface area contributed by atoms with Crippen LogP contribution >= 0.6 is 0 Å². The van der Waals surface area contributed by atoms with E-state index < -0.39 is 0 Å². The third-order valence-corrected chi connectivity index (χ3v) is 5.82. The van der Waals surface area contributed by atoms with Gasteiger partial charge in [0.2, 0.25) is 0 Å². The maximum Gasteiger partial charge on any atom is 0.134 e. The van der Waals surface area contributed by atoms with Gasteiger partial charge in [0.05, 0.1) is 6.61 Å². The smallest absolute Gasteiger partial charge is 0.134 e. The number of aryl methyl sites for hydroxylation is 2. The summed E-state index contributed by atoms with van der Waals surface area (Å²) in [6.45, 7) is 3.21. The molecular formula is C29H36FNO2. The minimum Gasteiger partial charge on any atom is -0.461 e. The van der Waals surface area contributed by atoms with Gasteiger partial charge in [-0.1, -0.05) is 49.9 Å². The highest BCUT2D eigenvalue weighted by Crippen LogP contribution is 2.22. The molecule has 33 heavy (non-hydrogen) atoms. The van der Waals surface area contributed by atoms with Crippen molar-refractivity contribution in [3.8, 4) is 12.3 Å². The minimum atomic E-state index is -0.200. The second kappa shape index (κ2) is 14.5. The van der Waals surface area contributed by atoms with Crippen LogP contribution in [-0.4, -0.2) is 19.8 Å². The molecule has 2 aromatic carbocycles. The Morgan fingerprint density at radius 2 is 1.61 bits per heavy atom. The monoisotopic (exact) mass is 449 g/mol. The molecule has 0 radical (unpaired) electrons. The zero-order chi connectivity index (χ0) is 23.1. The molecule has 4 heteroatoms. The van der Waals surface area contributed by atoms with Crippen LogP contribution in [0.4, 0.5) is 4.39 Å². The van der Waals surface area contributed by atoms with Gasteiger partial charge in [0.25, 0.3) is 0 Å². The summed E-state index contributed by atoms with van der Waals surface area (Å²) in [5.41, 5.74) is 3.23. The molecule has 0 atom stereocenters. The van der Waals surface area contributed by atoms with Crippen LogP contribution in [0.2, 0.25) is 0 Å². The molecule has 0 bridgehead atoms. The fourth-order valence-electron chi connectivity index (χ4n) is 3.90. The van der Waals surface area contributed by atoms with E-state index in [4.69, 9.17) is 15.6 Å². The van der Waals surface area contributed by atoms with Gasteiger partial charge in [0, 0.05) is 37.9 Å². The Balaban J connectivity index is 1.27. The summed E-state index contributed by atoms with van der Waals surface area (Å²) in [5, 5.41) is 4.56. The quantitative estimate of drug-likeness (QED) is 0.192. The molecule has 0 aliphatic heterocycles. The van der Waals surface area contributed by atoms with Crippen LogP contribution in [0, 0.1) is 18.2 Å². The van der Waals surface area contributed by atoms with E-state index in [0.29, 0.717) is 0 Å². The number of unbranched alkanes of at least 4 members (excludes halogenated alkanes) is 6. The highest BCUT2D eigenvalue weighted by molar-refractivity contribution is 5.78. The normalized spacial score (nSPS) is 11.2. The summed E-state index contributed by atoms with van der Waals surface area (Å²) in [4.78, 5) is 0. The van der Waals surface area contributed by atoms with Crippen LogP contribution in [0.1, 0.15) is 61.8 Å². The van der Waals surface area contributed by atoms with E-state index in [1.165, 1.54) is 43.4 Å². The molecule has 0 aliphatic rings. The van der Waals surface area contributed by atoms with Crippen LogP contribution < -0.4 is 5.32 Å². The second-order valence-electron chi connectivity index (χ2n) is 8.58. The van der Waals surface area contributed by atoms with Crippen molar-refractivity contribution in [2.24, 2.45) is 0 Å². The zero-order valence-electron chi connectivity index (χ0n) is 19.6. The lowest BCUT2D eigenvalue weighted by Crippen LogP contribution is -2.19. The number of furan rings is 1. The predicted molar refractivity (Wildman–Crippen MR) is 134 cm³/mol. The number of nitrogens with one attached hydrogen (secondary N) is 1. The second-order valence-corrected chi connectivity index (χ2v) is 8.58. The molecule has 176 valence electrons. The third-order valence-electron chi connectivity index (χ3n) is 5.82. The summed E-state index contributed by atoms with van der Waals surface area (Å²) < 4.78 is 24.8. The number of ether oxygens (including phenoxy) is 1. The fourth-order valence-corrected chi connectivity index (χ4v) is 3.90. The van der Waals surface area contributed by atoms with Crippen molar-refractivity contribution in [3.63, 3.8) is 0 Å². The average Bonchev–Trinajstić information content (AvgIpc) is 3.24. The van der Waals surface area contributed by atoms with Crippen LogP contribution in [0.3, 0.4) is 0 Å². The topological polar surface area (TPSA) is 34.4 Å². The number of hydrogen-bond acceptors (Lipinski definition) is 3. The number of fused-ring (bicyclic) bond motifs is 1. The first kappa shape index (κ1) is 25.0. The number of rotatable bonds is 16. The van der Waals surface area contributed by atoms with Crippen LogP contribution in [0.5, 0.6) is 0 Å². The third kappa shape index (κ3) is 9.42. The molecule has 3 rings (SSSR count). The maximum atomic E-state index is 13.0. The highest BCUT2D eigenvalue weighted by Gasteiger charge is 2.06. The van der Waals surface area contributed by atoms with Gasteiger partial charge in [-0.2, -0.15) is 0 Å². The van der Waals surface area contributed by atoms with E-state index in [1.807, 2.05) is 12.1 Å². The number of hydrogen-bond donors (Lipinski definition) is 1. The van der Waals surface area contributed by atoms with Crippen LogP contribution in [-0.2, 0) is 24.1 Å². The summed E-state index contributed by atoms with van der Waals surface area (Å²) in [6, 6.07) is 15.1. The lowest BCUT2D eigenvalue weighted by Gasteiger charge is -2.07. The Kier molecular flexibility index (Phi) is 11.0. The number of halogens is 1. The average molecular weight is 450 g/mol. The zero-order valence-corrected chi connectivity index (χ0v) is 19.6. The minimum absolute atomic E-state index is 0.200. The standard InChI is InChI=1S/C29H36FNO2/c1-2-3-4-5-6-7-8-9-19-32-20-18-31-23-25-10-14-26-22-28(33-29(26)21-25)17-13-24-11-15-27(30)16-12-24/h1,10-12,14-16,21-22,31H,3-9,13,17-20,23H2. The molecule has 3 nitrogen and oxygen atoms in total. The fraction of sp³-hybridized carbons (Fsp3) is 0.448. The van der Waals surface area contributed by atoms with Gasteiger partial charge in [0.15, 0.2) is 0 Å². The number of terminal acetylenes is 1. The van der Waals surface area contributed by atoms with Gasteiger partial charge in [-0.15, -0.1) is 12.3 Å². The molecule has 0 aliphatic carbocycles. The van der Waals surface area contributed by atoms with Gasteiger partial charge < -0.3 is 14.5 Å². The van der Waals surface area contributed by atoms with Gasteiger partial charge in [0.1, 0.15) is 17.2 Å². The Labute approximate surface area is 197 Å². The molecule has 1 N–H and O–H groups in total. The van der Waals surface area contributed by atoms with Gasteiger partial charge >= 0.3 is 0 Å². The van der Waals surface area contributed by atoms with E-state index in [1.54, 1.807) is 0 Å². The Morgan fingerprint density at radius 1 is 0.848 bits per heavy atom. The lowest BCUT2D eigenvalue weighted by atomic mass is 10.1. The van der Waals surface area contributed by atoms with E-state index in [-0.39, 0.29) is 5.82 Å². The lowest BCUT2D eigenvalue weighted by molar-refractivity contribution is 0.131. The van der Waals surface area contributed by atoms with E-state index in [2.05, 4.69) is 35.5 Å². The molecule has 3 aromatic rings. The van der Waals surface area contributed by atoms with Crippen molar-refractivity contribution < 1.29 is 13.5 Å². The van der Waals surface area contributed by atoms with Crippen molar-refractivity contribution in [3.05, 3.63) is 71.2 Å². The molecule has 0 saturated carbocycles. The van der Waals surface area contributed by atoms with E-state index in [9.17, 15) is 4.39 Å². The van der Waals surface area contributed by atoms with Crippen molar-refractivity contribution in [1.29, 1.82) is 0 Å². The molecule has 0 amide bonds. The molecule has 0 saturated heterocycles. The molecule has 0 fully saturated rings. The van der Waals surface area contributed by atoms with E-state index >= 15 is 0 Å². The summed E-state index contributed by atoms with van der Waals surface area (Å²) >= 11 is 0. The number of benzene rings is 2. The van der Waals surface area contributed by atoms with Crippen LogP contribution in [0.15, 0.2) is 52.9 Å². The summed E-state index contributed by atoms with van der Waals surface area (Å²) in [7, 11) is 0. The molecular weight excluding hydrogens is 413 g/mol. The van der Waals surface area contributed by atoms with Crippen molar-refractivity contribution in [2.45, 2.75) is 64.3 Å². The SMILES string of the molecule is C#CCCCCCCCCOCCNCc1ccc2cc(CCc3ccc(F)cc3)oc2c1. The van der Waals surface area contributed by atoms with Crippen molar-refractivity contribution >= 4 is 11.0 Å². The highest BCUT2D eigenvalue weighted by atomic mass is 19.1. The van der Waals surface area contributed by atoms with Gasteiger partial charge in [-0.3, -0.25) is 0 Å². The van der Waals surface area contributed by atoms with Gasteiger partial charge in [-0.05, 0) is 54.7 Å². The predicted octanol–water partition coefficient (Wildman–Crippen LogP) is 6.83. The maximum absolute atomic E-state index is 13.0. The molecule has 0 unspecified atom stereocenters. The van der Waals surface area contributed by atoms with Gasteiger partial charge in [-0.25, -0.2) is 4.39 Å². The van der Waals surface area contributed by atoms with Crippen molar-refractivity contribution in [1.82, 2.24) is 5.32 Å². The van der Waals surface area contributed by atoms with Crippen molar-refractivity contribution in [2.75, 3.05) is 19.8 Å². The molecule has 1 aromatic heterocycles. The van der Waals surface area contributed by atoms with E-state index in [0.717, 1.165) is 80.7 Å². The Hall–Kier alpha value is -2.61. The Bertz CT molecular complexity index is 987. The summed E-state index contributed by atoms with van der Waals surface area (Å²) in [6.07, 6.45) is 15.1. The largest absolute Gasteiger partial charge is 0.461 e. The molecule has 0 spiro atoms. The molecule has 1 heterocycles. The Morgan fingerprint density at radius 3 is 2.42 bits per heavy atom. The first-order chi connectivity index (χ1) is 16.2. The first-order valence-electron chi connectivity index (χ1n) is 12.2. The first-order valence-corrected chi connectivity index (χ1v) is 12.2.